The number of nitrogen functional groups attached to an aromatic ring is 1. The van der Waals surface area contributed by atoms with Gasteiger partial charge in [-0.2, -0.15) is 0 Å². The van der Waals surface area contributed by atoms with Crippen LogP contribution in [0, 0.1) is 5.82 Å². The number of carbonyl (C=O) groups is 1. The maximum atomic E-state index is 13.9. The number of nitrogens with zero attached hydrogens (tertiary/aromatic N) is 1. The van der Waals surface area contributed by atoms with Gasteiger partial charge in [0.25, 0.3) is 5.91 Å². The van der Waals surface area contributed by atoms with E-state index in [-0.39, 0.29) is 10.0 Å². The van der Waals surface area contributed by atoms with Gasteiger partial charge in [0.2, 0.25) is 0 Å². The van der Waals surface area contributed by atoms with E-state index in [1.807, 2.05) is 0 Å². The van der Waals surface area contributed by atoms with Crippen molar-refractivity contribution in [1.82, 2.24) is 0 Å². The monoisotopic (exact) mass is 322 g/mol. The van der Waals surface area contributed by atoms with E-state index in [0.717, 1.165) is 0 Å². The van der Waals surface area contributed by atoms with Crippen LogP contribution in [0.3, 0.4) is 0 Å². The van der Waals surface area contributed by atoms with E-state index in [9.17, 15) is 9.18 Å². The first-order valence-corrected chi connectivity index (χ1v) is 6.37. The van der Waals surface area contributed by atoms with Crippen LogP contribution < -0.4 is 10.6 Å². The maximum Gasteiger partial charge on any atom is 0.261 e. The molecule has 0 aliphatic carbocycles. The molecule has 0 aliphatic heterocycles. The van der Waals surface area contributed by atoms with Crippen LogP contribution in [0.4, 0.5) is 15.8 Å². The zero-order valence-corrected chi connectivity index (χ0v) is 11.8. The summed E-state index contributed by atoms with van der Waals surface area (Å²) in [5.74, 6) is -0.993. The van der Waals surface area contributed by atoms with E-state index in [1.165, 1.54) is 11.0 Å². The van der Waals surface area contributed by atoms with E-state index in [1.54, 1.807) is 43.4 Å². The molecular weight excluding hydrogens is 311 g/mol. The number of halogens is 2. The normalized spacial score (nSPS) is 10.3. The van der Waals surface area contributed by atoms with Crippen LogP contribution >= 0.6 is 15.9 Å². The first-order chi connectivity index (χ1) is 9.00. The Kier molecular flexibility index (Phi) is 3.85. The van der Waals surface area contributed by atoms with Crippen molar-refractivity contribution < 1.29 is 9.18 Å². The fourth-order valence-electron chi connectivity index (χ4n) is 1.70. The molecule has 0 radical (unpaired) electrons. The zero-order valence-electron chi connectivity index (χ0n) is 10.2. The number of hydrogen-bond acceptors (Lipinski definition) is 2. The van der Waals surface area contributed by atoms with Gasteiger partial charge in [-0.15, -0.1) is 0 Å². The second kappa shape index (κ2) is 5.40. The highest BCUT2D eigenvalue weighted by Gasteiger charge is 2.18. The molecular formula is C14H12BrFN2O. The largest absolute Gasteiger partial charge is 0.399 e. The van der Waals surface area contributed by atoms with Crippen LogP contribution in [-0.4, -0.2) is 13.0 Å². The zero-order chi connectivity index (χ0) is 14.0. The molecule has 19 heavy (non-hydrogen) atoms. The van der Waals surface area contributed by atoms with Gasteiger partial charge >= 0.3 is 0 Å². The van der Waals surface area contributed by atoms with Gasteiger partial charge in [-0.3, -0.25) is 4.79 Å². The van der Waals surface area contributed by atoms with Crippen molar-refractivity contribution in [2.45, 2.75) is 0 Å². The minimum atomic E-state index is -0.566. The number of benzene rings is 2. The van der Waals surface area contributed by atoms with Gasteiger partial charge in [0, 0.05) is 18.4 Å². The van der Waals surface area contributed by atoms with Gasteiger partial charge in [0.05, 0.1) is 10.0 Å². The Bertz CT molecular complexity index is 631. The van der Waals surface area contributed by atoms with Gasteiger partial charge in [0.15, 0.2) is 0 Å². The molecule has 5 heteroatoms. The summed E-state index contributed by atoms with van der Waals surface area (Å²) in [6, 6.07) is 11.5. The molecule has 0 aromatic heterocycles. The third-order valence-corrected chi connectivity index (χ3v) is 3.36. The summed E-state index contributed by atoms with van der Waals surface area (Å²) in [6.07, 6.45) is 0. The molecule has 0 saturated heterocycles. The second-order valence-electron chi connectivity index (χ2n) is 4.06. The van der Waals surface area contributed by atoms with Gasteiger partial charge in [0.1, 0.15) is 5.82 Å². The fourth-order valence-corrected chi connectivity index (χ4v) is 2.07. The standard InChI is InChI=1S/C14H12BrFN2O/c1-18(10-5-2-4-9(17)8-10)14(19)11-6-3-7-12(15)13(11)16/h2-8H,17H2,1H3. The molecule has 0 heterocycles. The van der Waals surface area contributed by atoms with E-state index < -0.39 is 11.7 Å². The number of nitrogens with two attached hydrogens (primary N) is 1. The summed E-state index contributed by atoms with van der Waals surface area (Å²) in [5.41, 5.74) is 6.85. The summed E-state index contributed by atoms with van der Waals surface area (Å²) >= 11 is 3.07. The lowest BCUT2D eigenvalue weighted by atomic mass is 10.1. The molecule has 0 spiro atoms. The Labute approximate surface area is 119 Å². The van der Waals surface area contributed by atoms with Crippen molar-refractivity contribution in [1.29, 1.82) is 0 Å². The highest BCUT2D eigenvalue weighted by molar-refractivity contribution is 9.10. The minimum Gasteiger partial charge on any atom is -0.399 e. The lowest BCUT2D eigenvalue weighted by Gasteiger charge is -2.18. The average molecular weight is 323 g/mol. The lowest BCUT2D eigenvalue weighted by molar-refractivity contribution is 0.0989. The van der Waals surface area contributed by atoms with E-state index in [0.29, 0.717) is 11.4 Å². The summed E-state index contributed by atoms with van der Waals surface area (Å²) < 4.78 is 14.2. The highest BCUT2D eigenvalue weighted by atomic mass is 79.9. The Hall–Kier alpha value is -1.88. The smallest absolute Gasteiger partial charge is 0.261 e. The van der Waals surface area contributed by atoms with E-state index in [4.69, 9.17) is 5.73 Å². The van der Waals surface area contributed by atoms with Crippen LogP contribution in [-0.2, 0) is 0 Å². The molecule has 0 saturated carbocycles. The molecule has 1 amide bonds. The van der Waals surface area contributed by atoms with Crippen molar-refractivity contribution in [3.63, 3.8) is 0 Å². The summed E-state index contributed by atoms with van der Waals surface area (Å²) in [7, 11) is 1.58. The summed E-state index contributed by atoms with van der Waals surface area (Å²) in [6.45, 7) is 0. The quantitative estimate of drug-likeness (QED) is 0.861. The molecule has 0 atom stereocenters. The fraction of sp³-hybridized carbons (Fsp3) is 0.0714. The molecule has 2 rings (SSSR count). The minimum absolute atomic E-state index is 0.0132. The lowest BCUT2D eigenvalue weighted by Crippen LogP contribution is -2.27. The van der Waals surface area contributed by atoms with Crippen LogP contribution in [0.5, 0.6) is 0 Å². The third-order valence-electron chi connectivity index (χ3n) is 2.74. The molecule has 0 unspecified atom stereocenters. The van der Waals surface area contributed by atoms with Crippen LogP contribution in [0.2, 0.25) is 0 Å². The molecule has 0 aliphatic rings. The predicted molar refractivity (Wildman–Crippen MR) is 77.7 cm³/mol. The maximum absolute atomic E-state index is 13.9. The topological polar surface area (TPSA) is 46.3 Å². The molecule has 2 aromatic carbocycles. The Morgan fingerprint density at radius 3 is 2.63 bits per heavy atom. The Morgan fingerprint density at radius 2 is 1.95 bits per heavy atom. The van der Waals surface area contributed by atoms with E-state index in [2.05, 4.69) is 15.9 Å². The van der Waals surface area contributed by atoms with Gasteiger partial charge in [-0.05, 0) is 46.3 Å². The van der Waals surface area contributed by atoms with Crippen LogP contribution in [0.1, 0.15) is 10.4 Å². The van der Waals surface area contributed by atoms with Crippen molar-refractivity contribution in [2.75, 3.05) is 17.7 Å². The van der Waals surface area contributed by atoms with Crippen molar-refractivity contribution in [2.24, 2.45) is 0 Å². The van der Waals surface area contributed by atoms with Gasteiger partial charge in [-0.1, -0.05) is 12.1 Å². The Morgan fingerprint density at radius 1 is 1.26 bits per heavy atom. The van der Waals surface area contributed by atoms with Crippen LogP contribution in [0.15, 0.2) is 46.9 Å². The van der Waals surface area contributed by atoms with Gasteiger partial charge in [-0.25, -0.2) is 4.39 Å². The number of hydrogen-bond donors (Lipinski definition) is 1. The summed E-state index contributed by atoms with van der Waals surface area (Å²) in [5, 5.41) is 0. The number of rotatable bonds is 2. The SMILES string of the molecule is CN(C(=O)c1cccc(Br)c1F)c1cccc(N)c1. The predicted octanol–water partition coefficient (Wildman–Crippen LogP) is 3.45. The highest BCUT2D eigenvalue weighted by Crippen LogP contribution is 2.23. The van der Waals surface area contributed by atoms with Crippen molar-refractivity contribution in [3.05, 3.63) is 58.3 Å². The molecule has 0 fully saturated rings. The Balaban J connectivity index is 2.36. The molecule has 98 valence electrons. The molecule has 2 aromatic rings. The van der Waals surface area contributed by atoms with Crippen molar-refractivity contribution >= 4 is 33.2 Å². The average Bonchev–Trinajstić information content (AvgIpc) is 2.40. The van der Waals surface area contributed by atoms with Gasteiger partial charge < -0.3 is 10.6 Å². The van der Waals surface area contributed by atoms with Crippen LogP contribution in [0.25, 0.3) is 0 Å². The number of anilines is 2. The first kappa shape index (κ1) is 13.5. The molecule has 0 bridgehead atoms. The number of amides is 1. The second-order valence-corrected chi connectivity index (χ2v) is 4.91. The third kappa shape index (κ3) is 2.76. The number of carbonyl (C=O) groups excluding carboxylic acids is 1. The van der Waals surface area contributed by atoms with E-state index >= 15 is 0 Å². The molecule has 2 N–H and O–H groups in total. The first-order valence-electron chi connectivity index (χ1n) is 5.58. The molecule has 3 nitrogen and oxygen atoms in total. The summed E-state index contributed by atoms with van der Waals surface area (Å²) in [4.78, 5) is 13.6. The van der Waals surface area contributed by atoms with Crippen molar-refractivity contribution in [3.8, 4) is 0 Å².